The van der Waals surface area contributed by atoms with E-state index in [1.807, 2.05) is 20.8 Å². The zero-order chi connectivity index (χ0) is 85.9. The van der Waals surface area contributed by atoms with E-state index >= 15 is 0 Å². The number of anilines is 3. The fourth-order valence-electron chi connectivity index (χ4n) is 11.5. The van der Waals surface area contributed by atoms with E-state index < -0.39 is 5.60 Å². The molecule has 1 aliphatic heterocycles. The SMILES string of the molecule is CCCCc1nc2c(N)nc3ccc(N4CCN(CCOCCOCCOCCOCCOCCOCCOCCOCCOCCOCCOCCOCCOCCOCCOCCOCCOCCOCCOCCOCCOCCOCCOCCOCCC(=O)OC(C)(C)C)CC4)cc3c2n1CCCCNC(=O)Nc1cccc(C#N)c1. The first-order valence-corrected chi connectivity index (χ1v) is 43.2. The summed E-state index contributed by atoms with van der Waals surface area (Å²) in [6, 6.07) is 15.1. The van der Waals surface area contributed by atoms with Crippen LogP contribution in [0.15, 0.2) is 42.5 Å². The normalized spacial score (nSPS) is 12.7. The highest BCUT2D eigenvalue weighted by Crippen LogP contribution is 2.33. The number of urea groups is 1. The molecule has 0 radical (unpaired) electrons. The van der Waals surface area contributed by atoms with Crippen LogP contribution in [0.1, 0.15) is 71.2 Å². The van der Waals surface area contributed by atoms with Gasteiger partial charge in [-0.1, -0.05) is 19.4 Å². The van der Waals surface area contributed by atoms with Crippen LogP contribution < -0.4 is 21.3 Å². The number of nitrogen functional groups attached to an aromatic ring is 1. The number of rotatable bonds is 85. The minimum absolute atomic E-state index is 0.221. The zero-order valence-corrected chi connectivity index (χ0v) is 73.0. The van der Waals surface area contributed by atoms with Gasteiger partial charge < -0.3 is 144 Å². The van der Waals surface area contributed by atoms with Crippen molar-refractivity contribution in [3.8, 4) is 6.07 Å². The quantitative estimate of drug-likeness (QED) is 0.0325. The summed E-state index contributed by atoms with van der Waals surface area (Å²) in [5.74, 6) is 1.16. The number of hydrogen-bond donors (Lipinski definition) is 3. The topological polar surface area (TPSA) is 376 Å². The summed E-state index contributed by atoms with van der Waals surface area (Å²) in [6.45, 7) is 36.2. The second-order valence-electron chi connectivity index (χ2n) is 28.3. The number of pyridine rings is 1. The number of hydrogen-bond acceptors (Lipinski definition) is 33. The molecule has 4 aromatic rings. The lowest BCUT2D eigenvalue weighted by Crippen LogP contribution is -2.47. The van der Waals surface area contributed by atoms with Gasteiger partial charge in [-0.05, 0) is 76.4 Å². The molecule has 0 unspecified atom stereocenters. The Morgan fingerprint density at radius 3 is 1.13 bits per heavy atom. The van der Waals surface area contributed by atoms with Crippen LogP contribution in [-0.4, -0.2) is 393 Å². The minimum Gasteiger partial charge on any atom is -0.460 e. The van der Waals surface area contributed by atoms with Crippen LogP contribution in [-0.2, 0) is 136 Å². The first-order chi connectivity index (χ1) is 59.5. The number of aromatic nitrogens is 3. The maximum atomic E-state index is 12.6. The highest BCUT2D eigenvalue weighted by molar-refractivity contribution is 6.07. The van der Waals surface area contributed by atoms with Crippen LogP contribution in [0, 0.1) is 11.3 Å². The van der Waals surface area contributed by atoms with Crippen LogP contribution >= 0.6 is 0 Å². The summed E-state index contributed by atoms with van der Waals surface area (Å²) < 4.78 is 141. The van der Waals surface area contributed by atoms with Gasteiger partial charge in [-0.2, -0.15) is 5.26 Å². The number of benzene rings is 2. The van der Waals surface area contributed by atoms with E-state index in [9.17, 15) is 14.9 Å². The molecular formula is C85H145N9O27. The van der Waals surface area contributed by atoms with Crippen molar-refractivity contribution >= 4 is 51.1 Å². The average molecular weight is 1730 g/mol. The van der Waals surface area contributed by atoms with Crippen LogP contribution in [0.5, 0.6) is 0 Å². The Balaban J connectivity index is 0.646. The molecule has 0 spiro atoms. The average Bonchev–Trinajstić information content (AvgIpc) is 1.62. The minimum atomic E-state index is -0.487. The molecule has 692 valence electrons. The van der Waals surface area contributed by atoms with Gasteiger partial charge >= 0.3 is 12.0 Å². The first-order valence-electron chi connectivity index (χ1n) is 43.2. The third kappa shape index (κ3) is 56.7. The number of aryl methyl sites for hydroxylation is 2. The molecule has 0 bridgehead atoms. The number of unbranched alkanes of at least 4 members (excludes halogenated alkanes) is 2. The number of nitrogens with two attached hydrogens (primary N) is 1. The second-order valence-corrected chi connectivity index (χ2v) is 28.3. The third-order valence-corrected chi connectivity index (χ3v) is 17.6. The van der Waals surface area contributed by atoms with Crippen molar-refractivity contribution in [2.75, 3.05) is 372 Å². The van der Waals surface area contributed by atoms with E-state index in [-0.39, 0.29) is 18.4 Å². The van der Waals surface area contributed by atoms with Gasteiger partial charge in [0.15, 0.2) is 5.82 Å². The van der Waals surface area contributed by atoms with E-state index in [1.165, 1.54) is 0 Å². The Morgan fingerprint density at radius 2 is 0.785 bits per heavy atom. The molecule has 4 N–H and O–H groups in total. The smallest absolute Gasteiger partial charge is 0.319 e. The van der Waals surface area contributed by atoms with Gasteiger partial charge in [-0.15, -0.1) is 0 Å². The van der Waals surface area contributed by atoms with E-state index in [0.717, 1.165) is 105 Å². The van der Waals surface area contributed by atoms with Gasteiger partial charge in [0.1, 0.15) is 16.9 Å². The Morgan fingerprint density at radius 1 is 0.430 bits per heavy atom. The van der Waals surface area contributed by atoms with Crippen molar-refractivity contribution in [1.29, 1.82) is 5.26 Å². The Labute approximate surface area is 716 Å². The van der Waals surface area contributed by atoms with Gasteiger partial charge in [-0.3, -0.25) is 9.69 Å². The molecule has 2 aromatic heterocycles. The monoisotopic (exact) mass is 1720 g/mol. The summed E-state index contributed by atoms with van der Waals surface area (Å²) in [6.07, 6.45) is 4.72. The molecule has 0 saturated carbocycles. The summed E-state index contributed by atoms with van der Waals surface area (Å²) >= 11 is 0. The van der Waals surface area contributed by atoms with Crippen LogP contribution in [0.3, 0.4) is 0 Å². The standard InChI is InChI=1S/C85H145N9O27/c1-5-6-12-79-91-81-82(94(79)17-8-7-16-88-84(96)89-75-11-9-10-74(71-75)73-86)77-72-76(13-14-78(77)90-83(81)87)93-20-18-92(19-21-93)22-24-98-26-28-100-30-32-102-34-36-104-38-40-106-42-44-108-46-48-110-50-52-112-54-56-114-58-60-116-62-64-118-66-68-120-70-69-119-67-65-117-63-61-115-59-57-113-55-53-111-51-49-109-47-45-107-43-41-105-39-37-103-35-33-101-31-29-99-27-25-97-23-15-80(95)121-85(2,3)4/h9-11,13-14,71-72H,5-8,12,15-70H2,1-4H3,(H2,87,90)(H2,88,89,96). The number of nitrogens with zero attached hydrogens (tertiary/aromatic N) is 6. The van der Waals surface area contributed by atoms with Crippen molar-refractivity contribution < 1.29 is 128 Å². The fourth-order valence-corrected chi connectivity index (χ4v) is 11.5. The molecule has 0 aliphatic carbocycles. The molecule has 2 aromatic carbocycles. The third-order valence-electron chi connectivity index (χ3n) is 17.6. The van der Waals surface area contributed by atoms with Crippen molar-refractivity contribution in [3.05, 3.63) is 53.9 Å². The summed E-state index contributed by atoms with van der Waals surface area (Å²) in [5, 5.41) is 16.0. The Hall–Kier alpha value is -5.85. The molecule has 36 nitrogen and oxygen atoms in total. The maximum Gasteiger partial charge on any atom is 0.319 e. The lowest BCUT2D eigenvalue weighted by atomic mass is 10.1. The van der Waals surface area contributed by atoms with Gasteiger partial charge in [0.25, 0.3) is 0 Å². The molecule has 36 heteroatoms. The van der Waals surface area contributed by atoms with E-state index in [4.69, 9.17) is 134 Å². The molecular weight excluding hydrogens is 1580 g/mol. The lowest BCUT2D eigenvalue weighted by molar-refractivity contribution is -0.156. The number of fused-ring (bicyclic) bond motifs is 3. The van der Waals surface area contributed by atoms with Gasteiger partial charge in [-0.25, -0.2) is 14.8 Å². The number of imidazole rings is 1. The van der Waals surface area contributed by atoms with Gasteiger partial charge in [0, 0.05) is 69.0 Å². The highest BCUT2D eigenvalue weighted by Gasteiger charge is 2.22. The number of esters is 1. The van der Waals surface area contributed by atoms with Gasteiger partial charge in [0.05, 0.1) is 346 Å². The lowest BCUT2D eigenvalue weighted by Gasteiger charge is -2.36. The van der Waals surface area contributed by atoms with Crippen molar-refractivity contribution in [3.63, 3.8) is 0 Å². The number of ether oxygens (including phenoxy) is 25. The predicted molar refractivity (Wildman–Crippen MR) is 454 cm³/mol. The number of piperazine rings is 1. The summed E-state index contributed by atoms with van der Waals surface area (Å²) in [7, 11) is 0. The zero-order valence-electron chi connectivity index (χ0n) is 73.0. The van der Waals surface area contributed by atoms with E-state index in [0.29, 0.717) is 341 Å². The maximum absolute atomic E-state index is 12.6. The van der Waals surface area contributed by atoms with Crippen LogP contribution in [0.25, 0.3) is 21.9 Å². The van der Waals surface area contributed by atoms with Crippen molar-refractivity contribution in [2.45, 2.75) is 78.4 Å². The molecule has 5 rings (SSSR count). The number of carbonyl (C=O) groups is 2. The van der Waals surface area contributed by atoms with Gasteiger partial charge in [0.2, 0.25) is 0 Å². The fraction of sp³-hybridized carbons (Fsp3) is 0.776. The molecule has 1 fully saturated rings. The molecule has 1 aliphatic rings. The van der Waals surface area contributed by atoms with E-state index in [2.05, 4.69) is 56.2 Å². The molecule has 1 saturated heterocycles. The predicted octanol–water partition coefficient (Wildman–Crippen LogP) is 6.24. The number of amides is 2. The number of carbonyl (C=O) groups excluding carboxylic acids is 2. The van der Waals surface area contributed by atoms with E-state index in [1.54, 1.807) is 24.3 Å². The number of nitriles is 1. The number of nitrogens with one attached hydrogen (secondary N) is 2. The van der Waals surface area contributed by atoms with Crippen LogP contribution in [0.2, 0.25) is 0 Å². The molecule has 2 amide bonds. The van der Waals surface area contributed by atoms with Crippen molar-refractivity contribution in [1.82, 2.24) is 24.8 Å². The molecule has 3 heterocycles. The summed E-state index contributed by atoms with van der Waals surface area (Å²) in [4.78, 5) is 39.0. The largest absolute Gasteiger partial charge is 0.460 e. The Bertz CT molecular complexity index is 3170. The summed E-state index contributed by atoms with van der Waals surface area (Å²) in [5.41, 5.74) is 10.9. The second kappa shape index (κ2) is 74.4. The van der Waals surface area contributed by atoms with Crippen molar-refractivity contribution in [2.24, 2.45) is 0 Å². The van der Waals surface area contributed by atoms with Crippen LogP contribution in [0.4, 0.5) is 22.0 Å². The molecule has 0 atom stereocenters. The Kier molecular flexibility index (Phi) is 65.0. The first kappa shape index (κ1) is 106. The molecule has 121 heavy (non-hydrogen) atoms. The highest BCUT2D eigenvalue weighted by atomic mass is 16.6.